The second-order valence-corrected chi connectivity index (χ2v) is 1.65. The molecule has 0 heterocycles. The van der Waals surface area contributed by atoms with E-state index in [1.54, 1.807) is 0 Å². The Morgan fingerprint density at radius 1 is 1.75 bits per heavy atom. The van der Waals surface area contributed by atoms with E-state index < -0.39 is 0 Å². The highest BCUT2D eigenvalue weighted by Crippen LogP contribution is 1.83. The Kier molecular flexibility index (Phi) is 4.76. The summed E-state index contributed by atoms with van der Waals surface area (Å²) < 4.78 is 0. The van der Waals surface area contributed by atoms with Crippen molar-refractivity contribution in [1.29, 1.82) is 0 Å². The molecule has 0 unspecified atom stereocenters. The van der Waals surface area contributed by atoms with Crippen LogP contribution in [0.5, 0.6) is 0 Å². The third-order valence-electron chi connectivity index (χ3n) is 0.543. The molecule has 0 aromatic heterocycles. The minimum Gasteiger partial charge on any atom is -0.396 e. The lowest BCUT2D eigenvalue weighted by Crippen LogP contribution is -1.93. The van der Waals surface area contributed by atoms with Gasteiger partial charge in [-0.3, -0.25) is 0 Å². The summed E-state index contributed by atoms with van der Waals surface area (Å²) in [7, 11) is 0. The van der Waals surface area contributed by atoms with Gasteiger partial charge in [0.05, 0.1) is 11.6 Å². The van der Waals surface area contributed by atoms with Crippen molar-refractivity contribution in [2.75, 3.05) is 12.5 Å². The first-order valence-corrected chi connectivity index (χ1v) is 3.06. The van der Waals surface area contributed by atoms with Gasteiger partial charge in [-0.25, -0.2) is 0 Å². The molecule has 0 rings (SSSR count). The van der Waals surface area contributed by atoms with Crippen molar-refractivity contribution in [1.82, 2.24) is 0 Å². The lowest BCUT2D eigenvalue weighted by molar-refractivity contribution is 0.158. The molecule has 0 fully saturated rings. The molecule has 0 saturated carbocycles. The summed E-state index contributed by atoms with van der Waals surface area (Å²) in [6.07, 6.45) is 0. The quantitative estimate of drug-likeness (QED) is 0.328. The highest BCUT2D eigenvalue weighted by atomic mass is 35.5. The van der Waals surface area contributed by atoms with Crippen LogP contribution in [-0.4, -0.2) is 18.2 Å². The smallest absolute Gasteiger partial charge is 0.114 e. The zero-order valence-corrected chi connectivity index (χ0v) is 5.90. The van der Waals surface area contributed by atoms with Crippen LogP contribution in [0.15, 0.2) is 5.16 Å². The molecule has 0 aromatic carbocycles. The SMILES string of the molecule is CCO/N=C(\C)CCl. The third kappa shape index (κ3) is 3.93. The molecule has 48 valence electrons. The van der Waals surface area contributed by atoms with Crippen LogP contribution in [-0.2, 0) is 4.84 Å². The molecule has 3 heteroatoms. The van der Waals surface area contributed by atoms with Gasteiger partial charge < -0.3 is 4.84 Å². The Labute approximate surface area is 54.5 Å². The summed E-state index contributed by atoms with van der Waals surface area (Å²) in [6, 6.07) is 0. The molecule has 0 aliphatic rings. The topological polar surface area (TPSA) is 21.6 Å². The lowest BCUT2D eigenvalue weighted by Gasteiger charge is -1.92. The molecule has 8 heavy (non-hydrogen) atoms. The first kappa shape index (κ1) is 7.76. The lowest BCUT2D eigenvalue weighted by atomic mass is 10.5. The fourth-order valence-electron chi connectivity index (χ4n) is 0.199. The van der Waals surface area contributed by atoms with Crippen molar-refractivity contribution in [2.45, 2.75) is 13.8 Å². The predicted octanol–water partition coefficient (Wildman–Crippen LogP) is 1.64. The van der Waals surface area contributed by atoms with Gasteiger partial charge in [-0.1, -0.05) is 5.16 Å². The van der Waals surface area contributed by atoms with Crippen molar-refractivity contribution in [2.24, 2.45) is 5.16 Å². The molecule has 0 spiro atoms. The van der Waals surface area contributed by atoms with E-state index >= 15 is 0 Å². The first-order valence-electron chi connectivity index (χ1n) is 2.52. The molecule has 0 saturated heterocycles. The summed E-state index contributed by atoms with van der Waals surface area (Å²) in [5.74, 6) is 0.444. The average Bonchev–Trinajstić information content (AvgIpc) is 1.83. The molecular formula is C5H10ClNO. The van der Waals surface area contributed by atoms with E-state index in [1.165, 1.54) is 0 Å². The van der Waals surface area contributed by atoms with Gasteiger partial charge in [-0.15, -0.1) is 11.6 Å². The van der Waals surface area contributed by atoms with E-state index in [9.17, 15) is 0 Å². The zero-order valence-electron chi connectivity index (χ0n) is 5.15. The third-order valence-corrected chi connectivity index (χ3v) is 0.930. The summed E-state index contributed by atoms with van der Waals surface area (Å²) in [6.45, 7) is 4.31. The molecule has 0 aliphatic heterocycles. The monoisotopic (exact) mass is 135 g/mol. The molecule has 0 aromatic rings. The minimum atomic E-state index is 0.444. The number of hydrogen-bond acceptors (Lipinski definition) is 2. The van der Waals surface area contributed by atoms with E-state index in [0.29, 0.717) is 12.5 Å². The largest absolute Gasteiger partial charge is 0.396 e. The van der Waals surface area contributed by atoms with E-state index in [0.717, 1.165) is 5.71 Å². The number of halogens is 1. The van der Waals surface area contributed by atoms with Gasteiger partial charge in [-0.05, 0) is 13.8 Å². The van der Waals surface area contributed by atoms with Crippen molar-refractivity contribution in [3.8, 4) is 0 Å². The first-order chi connectivity index (χ1) is 3.81. The minimum absolute atomic E-state index is 0.444. The van der Waals surface area contributed by atoms with Gasteiger partial charge in [0.2, 0.25) is 0 Å². The molecule has 0 bridgehead atoms. The van der Waals surface area contributed by atoms with Gasteiger partial charge in [0.15, 0.2) is 0 Å². The number of rotatable bonds is 3. The van der Waals surface area contributed by atoms with Gasteiger partial charge in [-0.2, -0.15) is 0 Å². The van der Waals surface area contributed by atoms with Crippen LogP contribution in [0, 0.1) is 0 Å². The zero-order chi connectivity index (χ0) is 6.41. The Balaban J connectivity index is 3.26. The van der Waals surface area contributed by atoms with E-state index in [1.807, 2.05) is 13.8 Å². The van der Waals surface area contributed by atoms with Gasteiger partial charge >= 0.3 is 0 Å². The maximum atomic E-state index is 5.38. The number of nitrogens with zero attached hydrogens (tertiary/aromatic N) is 1. The van der Waals surface area contributed by atoms with Crippen LogP contribution in [0.25, 0.3) is 0 Å². The summed E-state index contributed by atoms with van der Waals surface area (Å²) >= 11 is 5.38. The maximum Gasteiger partial charge on any atom is 0.114 e. The van der Waals surface area contributed by atoms with Crippen molar-refractivity contribution >= 4 is 17.3 Å². The summed E-state index contributed by atoms with van der Waals surface area (Å²) in [4.78, 5) is 4.69. The fraction of sp³-hybridized carbons (Fsp3) is 0.800. The molecule has 0 N–H and O–H groups in total. The molecular weight excluding hydrogens is 126 g/mol. The molecule has 2 nitrogen and oxygen atoms in total. The van der Waals surface area contributed by atoms with Crippen LogP contribution < -0.4 is 0 Å². The van der Waals surface area contributed by atoms with Gasteiger partial charge in [0.25, 0.3) is 0 Å². The van der Waals surface area contributed by atoms with Gasteiger partial charge in [0.1, 0.15) is 6.61 Å². The predicted molar refractivity (Wildman–Crippen MR) is 35.5 cm³/mol. The Morgan fingerprint density at radius 2 is 2.38 bits per heavy atom. The maximum absolute atomic E-state index is 5.38. The fourth-order valence-corrected chi connectivity index (χ4v) is 0.248. The van der Waals surface area contributed by atoms with E-state index in [2.05, 4.69) is 9.99 Å². The van der Waals surface area contributed by atoms with E-state index in [-0.39, 0.29) is 0 Å². The van der Waals surface area contributed by atoms with Crippen molar-refractivity contribution in [3.63, 3.8) is 0 Å². The summed E-state index contributed by atoms with van der Waals surface area (Å²) in [5.41, 5.74) is 0.813. The van der Waals surface area contributed by atoms with Crippen LogP contribution >= 0.6 is 11.6 Å². The van der Waals surface area contributed by atoms with Gasteiger partial charge in [0, 0.05) is 0 Å². The number of alkyl halides is 1. The van der Waals surface area contributed by atoms with Crippen LogP contribution in [0.3, 0.4) is 0 Å². The Bertz CT molecular complexity index is 82.5. The van der Waals surface area contributed by atoms with Crippen molar-refractivity contribution in [3.05, 3.63) is 0 Å². The summed E-state index contributed by atoms with van der Waals surface area (Å²) in [5, 5.41) is 3.65. The standard InChI is InChI=1S/C5H10ClNO/c1-3-8-7-5(2)4-6/h3-4H2,1-2H3/b7-5+. The Morgan fingerprint density at radius 3 is 2.75 bits per heavy atom. The molecule has 0 atom stereocenters. The van der Waals surface area contributed by atoms with Crippen LogP contribution in [0.4, 0.5) is 0 Å². The Hall–Kier alpha value is -0.240. The molecule has 0 amide bonds. The number of oxime groups is 1. The number of hydrogen-bond donors (Lipinski definition) is 0. The molecule has 0 aliphatic carbocycles. The highest BCUT2D eigenvalue weighted by Gasteiger charge is 1.83. The van der Waals surface area contributed by atoms with Crippen LogP contribution in [0.2, 0.25) is 0 Å². The average molecular weight is 136 g/mol. The van der Waals surface area contributed by atoms with Crippen molar-refractivity contribution < 1.29 is 4.84 Å². The second kappa shape index (κ2) is 4.91. The van der Waals surface area contributed by atoms with Crippen LogP contribution in [0.1, 0.15) is 13.8 Å². The molecule has 0 radical (unpaired) electrons. The van der Waals surface area contributed by atoms with E-state index in [4.69, 9.17) is 11.6 Å². The highest BCUT2D eigenvalue weighted by molar-refractivity contribution is 6.28. The second-order valence-electron chi connectivity index (χ2n) is 1.38. The normalized spacial score (nSPS) is 11.6.